The molecular weight excluding hydrogens is 502 g/mol. The van der Waals surface area contributed by atoms with Crippen LogP contribution in [0.2, 0.25) is 0 Å². The monoisotopic (exact) mass is 531 g/mol. The number of nitrogens with two attached hydrogens (primary N) is 1. The number of hydrogen-bond donors (Lipinski definition) is 3. The van der Waals surface area contributed by atoms with E-state index >= 15 is 0 Å². The van der Waals surface area contributed by atoms with Crippen molar-refractivity contribution >= 4 is 6.01 Å². The quantitative estimate of drug-likeness (QED) is 0.310. The molecule has 1 unspecified atom stereocenters. The molecule has 0 spiro atoms. The molecule has 39 heavy (non-hydrogen) atoms. The number of ether oxygens (including phenoxy) is 4. The molecule has 4 N–H and O–H groups in total. The number of aliphatic hydroxyl groups is 2. The van der Waals surface area contributed by atoms with Crippen LogP contribution in [-0.2, 0) is 5.60 Å². The Kier molecular flexibility index (Phi) is 6.28. The lowest BCUT2D eigenvalue weighted by Gasteiger charge is -2.37. The fourth-order valence-electron chi connectivity index (χ4n) is 6.25. The molecule has 2 heterocycles. The molecular formula is C29H29N3O7. The smallest absolute Gasteiger partial charge is 0.312 e. The lowest BCUT2D eigenvalue weighted by Crippen LogP contribution is -2.38. The topological polar surface area (TPSA) is 142 Å². The van der Waals surface area contributed by atoms with E-state index < -0.39 is 29.5 Å². The zero-order valence-corrected chi connectivity index (χ0v) is 21.5. The van der Waals surface area contributed by atoms with Gasteiger partial charge in [0, 0.05) is 23.6 Å². The Morgan fingerprint density at radius 2 is 1.72 bits per heavy atom. The molecule has 2 aliphatic rings. The molecule has 0 saturated heterocycles. The van der Waals surface area contributed by atoms with Gasteiger partial charge in [-0.15, -0.1) is 5.10 Å². The summed E-state index contributed by atoms with van der Waals surface area (Å²) >= 11 is 0. The minimum atomic E-state index is -1.11. The first-order valence-corrected chi connectivity index (χ1v) is 12.6. The van der Waals surface area contributed by atoms with Crippen LogP contribution in [0.5, 0.6) is 23.0 Å². The van der Waals surface area contributed by atoms with Gasteiger partial charge in [0.1, 0.15) is 29.6 Å². The molecule has 202 valence electrons. The highest BCUT2D eigenvalue weighted by Crippen LogP contribution is 2.70. The van der Waals surface area contributed by atoms with Crippen LogP contribution in [0.25, 0.3) is 0 Å². The van der Waals surface area contributed by atoms with E-state index in [1.807, 2.05) is 54.6 Å². The van der Waals surface area contributed by atoms with E-state index in [0.717, 1.165) is 11.1 Å². The van der Waals surface area contributed by atoms with E-state index in [0.29, 0.717) is 28.6 Å². The maximum atomic E-state index is 12.2. The van der Waals surface area contributed by atoms with Crippen LogP contribution < -0.4 is 24.7 Å². The van der Waals surface area contributed by atoms with Crippen molar-refractivity contribution < 1.29 is 33.6 Å². The molecule has 10 nitrogen and oxygen atoms in total. The van der Waals surface area contributed by atoms with E-state index in [2.05, 4.69) is 10.2 Å². The van der Waals surface area contributed by atoms with Crippen LogP contribution >= 0.6 is 0 Å². The van der Waals surface area contributed by atoms with Gasteiger partial charge in [0.15, 0.2) is 5.60 Å². The van der Waals surface area contributed by atoms with Crippen LogP contribution in [-0.4, -0.2) is 53.9 Å². The highest BCUT2D eigenvalue weighted by molar-refractivity contribution is 5.61. The average molecular weight is 532 g/mol. The molecule has 6 rings (SSSR count). The number of nitrogens with zero attached hydrogens (tertiary/aromatic N) is 2. The van der Waals surface area contributed by atoms with Crippen molar-refractivity contribution in [2.75, 3.05) is 33.2 Å². The van der Waals surface area contributed by atoms with Gasteiger partial charge in [0.25, 0.3) is 0 Å². The van der Waals surface area contributed by atoms with E-state index in [1.54, 1.807) is 26.4 Å². The fourth-order valence-corrected chi connectivity index (χ4v) is 6.25. The number of aliphatic hydroxyl groups excluding tert-OH is 2. The summed E-state index contributed by atoms with van der Waals surface area (Å²) in [6, 6.07) is 20.9. The molecule has 1 saturated carbocycles. The maximum absolute atomic E-state index is 12.2. The summed E-state index contributed by atoms with van der Waals surface area (Å²) in [6.45, 7) is -0.0205. The van der Waals surface area contributed by atoms with E-state index in [4.69, 9.17) is 29.1 Å². The van der Waals surface area contributed by atoms with Gasteiger partial charge in [0.2, 0.25) is 5.89 Å². The zero-order chi connectivity index (χ0) is 27.1. The molecule has 5 atom stereocenters. The third-order valence-electron chi connectivity index (χ3n) is 7.68. The van der Waals surface area contributed by atoms with Crippen LogP contribution in [0, 0.1) is 0 Å². The fraction of sp³-hybridized carbons (Fsp3) is 0.310. The Hall–Kier alpha value is -4.28. The standard InChI is InChI=1S/C29H29N3O7/c1-35-18-10-8-17(9-11-18)29-24(16-6-4-3-5-7-16)23(27-31-32-28(30)38-27)26(34)25(29)22-20(36-2)14-19(37-13-12-33)15-21(22)39-29/h3-11,14-15,23-26,33-34H,12-13H2,1-2H3,(H2,30,32)/t23-,24-,25?,26-,29+/m1/s1. The number of aromatic nitrogens is 2. The highest BCUT2D eigenvalue weighted by atomic mass is 16.5. The summed E-state index contributed by atoms with van der Waals surface area (Å²) in [6.07, 6.45) is -1.02. The molecule has 3 aromatic carbocycles. The molecule has 4 aromatic rings. The van der Waals surface area contributed by atoms with Gasteiger partial charge in [-0.2, -0.15) is 0 Å². The Labute approximate surface area is 224 Å². The second kappa shape index (κ2) is 9.79. The number of hydrogen-bond acceptors (Lipinski definition) is 10. The Bertz CT molecular complexity index is 1460. The normalized spacial score (nSPS) is 25.0. The molecule has 1 aliphatic carbocycles. The van der Waals surface area contributed by atoms with Crippen LogP contribution in [0.3, 0.4) is 0 Å². The minimum Gasteiger partial charge on any atom is -0.497 e. The van der Waals surface area contributed by atoms with Crippen molar-refractivity contribution in [3.05, 3.63) is 89.3 Å². The minimum absolute atomic E-state index is 0.0795. The van der Waals surface area contributed by atoms with Crippen LogP contribution in [0.15, 0.2) is 71.1 Å². The molecule has 10 heteroatoms. The molecule has 0 amide bonds. The SMILES string of the molecule is COc1ccc([C@@]23Oc4cc(OCCO)cc(OC)c4C2[C@H](O)[C@H](c2nnc(N)o2)[C@H]3c2ccccc2)cc1. The molecule has 1 fully saturated rings. The summed E-state index contributed by atoms with van der Waals surface area (Å²) in [5, 5.41) is 29.5. The lowest BCUT2D eigenvalue weighted by atomic mass is 9.73. The van der Waals surface area contributed by atoms with Crippen molar-refractivity contribution in [3.8, 4) is 23.0 Å². The van der Waals surface area contributed by atoms with E-state index in [1.165, 1.54) is 0 Å². The predicted molar refractivity (Wildman–Crippen MR) is 140 cm³/mol. The van der Waals surface area contributed by atoms with Gasteiger partial charge in [0.05, 0.1) is 38.8 Å². The second-order valence-electron chi connectivity index (χ2n) is 9.59. The van der Waals surface area contributed by atoms with Crippen molar-refractivity contribution in [2.24, 2.45) is 0 Å². The van der Waals surface area contributed by atoms with Crippen molar-refractivity contribution in [1.82, 2.24) is 10.2 Å². The van der Waals surface area contributed by atoms with Crippen molar-refractivity contribution in [2.45, 2.75) is 29.5 Å². The Morgan fingerprint density at radius 1 is 0.949 bits per heavy atom. The largest absolute Gasteiger partial charge is 0.497 e. The summed E-state index contributed by atoms with van der Waals surface area (Å²) in [5.74, 6) is 0.712. The van der Waals surface area contributed by atoms with Gasteiger partial charge in [-0.1, -0.05) is 47.6 Å². The van der Waals surface area contributed by atoms with Crippen LogP contribution in [0.1, 0.15) is 40.3 Å². The number of methoxy groups -OCH3 is 2. The highest BCUT2D eigenvalue weighted by Gasteiger charge is 2.69. The molecule has 0 radical (unpaired) electrons. The summed E-state index contributed by atoms with van der Waals surface area (Å²) in [5.41, 5.74) is 7.17. The Morgan fingerprint density at radius 3 is 2.36 bits per heavy atom. The molecule has 1 aliphatic heterocycles. The van der Waals surface area contributed by atoms with Gasteiger partial charge in [-0.05, 0) is 23.3 Å². The van der Waals surface area contributed by atoms with E-state index in [9.17, 15) is 10.2 Å². The third-order valence-corrected chi connectivity index (χ3v) is 7.68. The predicted octanol–water partition coefficient (Wildman–Crippen LogP) is 3.35. The first-order valence-electron chi connectivity index (χ1n) is 12.6. The Balaban J connectivity index is 1.62. The van der Waals surface area contributed by atoms with Crippen LogP contribution in [0.4, 0.5) is 6.01 Å². The summed E-state index contributed by atoms with van der Waals surface area (Å²) in [4.78, 5) is 0. The summed E-state index contributed by atoms with van der Waals surface area (Å²) < 4.78 is 29.7. The van der Waals surface area contributed by atoms with Gasteiger partial charge < -0.3 is 39.3 Å². The number of rotatable bonds is 8. The summed E-state index contributed by atoms with van der Waals surface area (Å²) in [7, 11) is 3.17. The van der Waals surface area contributed by atoms with Crippen molar-refractivity contribution in [3.63, 3.8) is 0 Å². The maximum Gasteiger partial charge on any atom is 0.312 e. The molecule has 0 bridgehead atoms. The number of anilines is 1. The van der Waals surface area contributed by atoms with Gasteiger partial charge in [-0.3, -0.25) is 0 Å². The first kappa shape index (κ1) is 25.0. The lowest BCUT2D eigenvalue weighted by molar-refractivity contribution is 0.0464. The zero-order valence-electron chi connectivity index (χ0n) is 21.5. The second-order valence-corrected chi connectivity index (χ2v) is 9.59. The van der Waals surface area contributed by atoms with Crippen molar-refractivity contribution in [1.29, 1.82) is 0 Å². The van der Waals surface area contributed by atoms with Gasteiger partial charge in [-0.25, -0.2) is 0 Å². The van der Waals surface area contributed by atoms with E-state index in [-0.39, 0.29) is 25.1 Å². The molecule has 1 aromatic heterocycles. The number of nitrogen functional groups attached to an aromatic ring is 1. The van der Waals surface area contributed by atoms with Gasteiger partial charge >= 0.3 is 6.01 Å². The third kappa shape index (κ3) is 3.86. The first-order chi connectivity index (χ1) is 19.0. The average Bonchev–Trinajstić information content (AvgIpc) is 3.62. The number of fused-ring (bicyclic) bond motifs is 3. The number of benzene rings is 3.